The predicted octanol–water partition coefficient (Wildman–Crippen LogP) is 3.74. The molecule has 1 aromatic carbocycles. The number of nitrogens with one attached hydrogen (secondary N) is 1. The van der Waals surface area contributed by atoms with Gasteiger partial charge in [-0.25, -0.2) is 4.79 Å². The molecular formula is C20H30N2O3S. The van der Waals surface area contributed by atoms with Crippen LogP contribution in [-0.2, 0) is 15.3 Å². The number of carbonyl (C=O) groups is 2. The standard InChI is InChI=1S/C20H30N2O3S/c1-15-7-9-16(10-8-15)14-26-13-11-21-18(23)17-6-5-12-22(17)19(24)25-20(2,3)4/h7-10,17H,5-6,11-14H2,1-4H3,(H,21,23)/t17-/m0/s1. The number of ether oxygens (including phenoxy) is 1. The van der Waals surface area contributed by atoms with Crippen LogP contribution in [0.4, 0.5) is 4.79 Å². The lowest BCUT2D eigenvalue weighted by Gasteiger charge is -2.28. The summed E-state index contributed by atoms with van der Waals surface area (Å²) in [7, 11) is 0. The van der Waals surface area contributed by atoms with Crippen molar-refractivity contribution in [3.05, 3.63) is 35.4 Å². The van der Waals surface area contributed by atoms with Crippen molar-refractivity contribution in [2.24, 2.45) is 0 Å². The van der Waals surface area contributed by atoms with Crippen molar-refractivity contribution in [3.8, 4) is 0 Å². The number of likely N-dealkylation sites (tertiary alicyclic amines) is 1. The summed E-state index contributed by atoms with van der Waals surface area (Å²) in [6, 6.07) is 8.09. The van der Waals surface area contributed by atoms with E-state index in [0.717, 1.165) is 17.9 Å². The monoisotopic (exact) mass is 378 g/mol. The molecule has 1 aromatic rings. The molecule has 2 amide bonds. The highest BCUT2D eigenvalue weighted by atomic mass is 32.2. The van der Waals surface area contributed by atoms with E-state index in [0.29, 0.717) is 19.5 Å². The highest BCUT2D eigenvalue weighted by molar-refractivity contribution is 7.98. The Labute approximate surface area is 160 Å². The van der Waals surface area contributed by atoms with Crippen LogP contribution in [0.15, 0.2) is 24.3 Å². The minimum atomic E-state index is -0.548. The molecule has 0 aliphatic carbocycles. The third-order valence-corrected chi connectivity index (χ3v) is 5.15. The van der Waals surface area contributed by atoms with Gasteiger partial charge in [0.1, 0.15) is 11.6 Å². The van der Waals surface area contributed by atoms with Gasteiger partial charge in [-0.2, -0.15) is 11.8 Å². The molecule has 1 heterocycles. The van der Waals surface area contributed by atoms with Crippen LogP contribution in [0.25, 0.3) is 0 Å². The summed E-state index contributed by atoms with van der Waals surface area (Å²) in [6.07, 6.45) is 1.13. The number of hydrogen-bond acceptors (Lipinski definition) is 4. The van der Waals surface area contributed by atoms with Gasteiger partial charge in [-0.05, 0) is 46.1 Å². The van der Waals surface area contributed by atoms with E-state index < -0.39 is 17.7 Å². The van der Waals surface area contributed by atoms with Gasteiger partial charge in [0.15, 0.2) is 0 Å². The number of nitrogens with zero attached hydrogens (tertiary/aromatic N) is 1. The van der Waals surface area contributed by atoms with Gasteiger partial charge in [-0.1, -0.05) is 29.8 Å². The fourth-order valence-corrected chi connectivity index (χ4v) is 3.64. The molecule has 1 fully saturated rings. The van der Waals surface area contributed by atoms with Crippen LogP contribution in [0, 0.1) is 6.92 Å². The number of amides is 2. The molecule has 0 bridgehead atoms. The van der Waals surface area contributed by atoms with Crippen LogP contribution in [0.5, 0.6) is 0 Å². The van der Waals surface area contributed by atoms with Gasteiger partial charge in [0.2, 0.25) is 5.91 Å². The van der Waals surface area contributed by atoms with E-state index in [2.05, 4.69) is 36.5 Å². The zero-order valence-electron chi connectivity index (χ0n) is 16.2. The first kappa shape index (κ1) is 20.6. The van der Waals surface area contributed by atoms with Crippen LogP contribution >= 0.6 is 11.8 Å². The van der Waals surface area contributed by atoms with Crippen molar-refractivity contribution in [3.63, 3.8) is 0 Å². The quantitative estimate of drug-likeness (QED) is 0.766. The van der Waals surface area contributed by atoms with Crippen LogP contribution in [0.3, 0.4) is 0 Å². The highest BCUT2D eigenvalue weighted by Crippen LogP contribution is 2.21. The Bertz CT molecular complexity index is 610. The van der Waals surface area contributed by atoms with Crippen LogP contribution in [0.1, 0.15) is 44.7 Å². The molecule has 1 saturated heterocycles. The first-order chi connectivity index (χ1) is 12.3. The topological polar surface area (TPSA) is 58.6 Å². The van der Waals surface area contributed by atoms with Crippen molar-refractivity contribution < 1.29 is 14.3 Å². The van der Waals surface area contributed by atoms with E-state index in [1.54, 1.807) is 16.7 Å². The molecule has 0 radical (unpaired) electrons. The third-order valence-electron chi connectivity index (χ3n) is 4.12. The Morgan fingerprint density at radius 1 is 1.27 bits per heavy atom. The second-order valence-corrected chi connectivity index (χ2v) is 8.77. The largest absolute Gasteiger partial charge is 0.444 e. The van der Waals surface area contributed by atoms with Gasteiger partial charge in [-0.15, -0.1) is 0 Å². The minimum absolute atomic E-state index is 0.0794. The molecule has 2 rings (SSSR count). The molecule has 0 unspecified atom stereocenters. The fourth-order valence-electron chi connectivity index (χ4n) is 2.82. The lowest BCUT2D eigenvalue weighted by molar-refractivity contribution is -0.125. The predicted molar refractivity (Wildman–Crippen MR) is 106 cm³/mol. The van der Waals surface area contributed by atoms with Crippen LogP contribution < -0.4 is 5.32 Å². The van der Waals surface area contributed by atoms with E-state index in [9.17, 15) is 9.59 Å². The molecule has 0 saturated carbocycles. The number of aryl methyl sites for hydroxylation is 1. The fraction of sp³-hybridized carbons (Fsp3) is 0.600. The molecule has 1 aliphatic rings. The highest BCUT2D eigenvalue weighted by Gasteiger charge is 2.36. The van der Waals surface area contributed by atoms with Crippen molar-refractivity contribution in [1.82, 2.24) is 10.2 Å². The third kappa shape index (κ3) is 6.56. The summed E-state index contributed by atoms with van der Waals surface area (Å²) >= 11 is 1.79. The lowest BCUT2D eigenvalue weighted by Crippen LogP contribution is -2.47. The molecule has 0 aromatic heterocycles. The van der Waals surface area contributed by atoms with Gasteiger partial charge in [0.25, 0.3) is 0 Å². The average molecular weight is 379 g/mol. The Morgan fingerprint density at radius 3 is 2.62 bits per heavy atom. The molecule has 6 heteroatoms. The summed E-state index contributed by atoms with van der Waals surface area (Å²) < 4.78 is 5.41. The summed E-state index contributed by atoms with van der Waals surface area (Å²) in [6.45, 7) is 8.77. The van der Waals surface area contributed by atoms with Crippen molar-refractivity contribution in [2.45, 2.75) is 57.9 Å². The van der Waals surface area contributed by atoms with E-state index in [1.807, 2.05) is 20.8 Å². The van der Waals surface area contributed by atoms with Gasteiger partial charge in [0.05, 0.1) is 0 Å². The van der Waals surface area contributed by atoms with Gasteiger partial charge >= 0.3 is 6.09 Å². The van der Waals surface area contributed by atoms with Crippen molar-refractivity contribution >= 4 is 23.8 Å². The minimum Gasteiger partial charge on any atom is -0.444 e. The molecule has 1 aliphatic heterocycles. The molecule has 5 nitrogen and oxygen atoms in total. The van der Waals surface area contributed by atoms with Crippen LogP contribution in [0.2, 0.25) is 0 Å². The van der Waals surface area contributed by atoms with Crippen molar-refractivity contribution in [1.29, 1.82) is 0 Å². The Balaban J connectivity index is 1.71. The van der Waals surface area contributed by atoms with E-state index in [-0.39, 0.29) is 5.91 Å². The maximum absolute atomic E-state index is 12.4. The van der Waals surface area contributed by atoms with Gasteiger partial charge < -0.3 is 10.1 Å². The molecular weight excluding hydrogens is 348 g/mol. The molecule has 0 spiro atoms. The average Bonchev–Trinajstić information content (AvgIpc) is 3.04. The molecule has 1 N–H and O–H groups in total. The summed E-state index contributed by atoms with van der Waals surface area (Å²) in [4.78, 5) is 26.2. The van der Waals surface area contributed by atoms with Crippen LogP contribution in [-0.4, -0.2) is 47.4 Å². The lowest BCUT2D eigenvalue weighted by atomic mass is 10.2. The van der Waals surface area contributed by atoms with E-state index in [4.69, 9.17) is 4.74 Å². The maximum atomic E-state index is 12.4. The second-order valence-electron chi connectivity index (χ2n) is 7.66. The maximum Gasteiger partial charge on any atom is 0.410 e. The first-order valence-corrected chi connectivity index (χ1v) is 10.3. The normalized spacial score (nSPS) is 17.2. The van der Waals surface area contributed by atoms with Gasteiger partial charge in [-0.3, -0.25) is 9.69 Å². The number of thioether (sulfide) groups is 1. The summed E-state index contributed by atoms with van der Waals surface area (Å²) in [5.74, 6) is 1.70. The van der Waals surface area contributed by atoms with E-state index >= 15 is 0 Å². The first-order valence-electron chi connectivity index (χ1n) is 9.17. The summed E-state index contributed by atoms with van der Waals surface area (Å²) in [5.41, 5.74) is 2.00. The number of benzene rings is 1. The number of carbonyl (C=O) groups excluding carboxylic acids is 2. The number of rotatable bonds is 6. The van der Waals surface area contributed by atoms with Crippen molar-refractivity contribution in [2.75, 3.05) is 18.8 Å². The van der Waals surface area contributed by atoms with E-state index in [1.165, 1.54) is 11.1 Å². The molecule has 26 heavy (non-hydrogen) atoms. The summed E-state index contributed by atoms with van der Waals surface area (Å²) in [5, 5.41) is 2.96. The zero-order chi connectivity index (χ0) is 19.2. The smallest absolute Gasteiger partial charge is 0.410 e. The second kappa shape index (κ2) is 9.31. The number of hydrogen-bond donors (Lipinski definition) is 1. The SMILES string of the molecule is Cc1ccc(CSCCNC(=O)[C@@H]2CCCN2C(=O)OC(C)(C)C)cc1. The molecule has 144 valence electrons. The van der Waals surface area contributed by atoms with Gasteiger partial charge in [0, 0.05) is 24.6 Å². The molecule has 1 atom stereocenters. The Hall–Kier alpha value is -1.69. The Kier molecular flexibility index (Phi) is 7.38. The zero-order valence-corrected chi connectivity index (χ0v) is 17.0. The Morgan fingerprint density at radius 2 is 1.96 bits per heavy atom.